The Kier molecular flexibility index (Phi) is 2.29. The summed E-state index contributed by atoms with van der Waals surface area (Å²) in [4.78, 5) is 14.8. The summed E-state index contributed by atoms with van der Waals surface area (Å²) in [5, 5.41) is 0. The SMILES string of the molecule is CCOc1cccc2oc(C(N)=O)nc12. The molecule has 1 aromatic carbocycles. The normalized spacial score (nSPS) is 10.5. The van der Waals surface area contributed by atoms with Gasteiger partial charge in [0.25, 0.3) is 5.89 Å². The molecular weight excluding hydrogens is 196 g/mol. The topological polar surface area (TPSA) is 78.4 Å². The average molecular weight is 206 g/mol. The van der Waals surface area contributed by atoms with Crippen molar-refractivity contribution in [2.75, 3.05) is 6.61 Å². The monoisotopic (exact) mass is 206 g/mol. The number of oxazole rings is 1. The number of ether oxygens (including phenoxy) is 1. The summed E-state index contributed by atoms with van der Waals surface area (Å²) in [6, 6.07) is 5.24. The first kappa shape index (κ1) is 9.51. The van der Waals surface area contributed by atoms with Crippen LogP contribution in [-0.4, -0.2) is 17.5 Å². The third kappa shape index (κ3) is 1.63. The van der Waals surface area contributed by atoms with Crippen molar-refractivity contribution in [3.05, 3.63) is 24.1 Å². The van der Waals surface area contributed by atoms with Crippen molar-refractivity contribution in [3.63, 3.8) is 0 Å². The second kappa shape index (κ2) is 3.61. The van der Waals surface area contributed by atoms with E-state index in [1.165, 1.54) is 0 Å². The number of hydrogen-bond donors (Lipinski definition) is 1. The minimum atomic E-state index is -0.686. The second-order valence-corrected chi connectivity index (χ2v) is 2.92. The van der Waals surface area contributed by atoms with Gasteiger partial charge in [0.1, 0.15) is 5.75 Å². The number of carbonyl (C=O) groups is 1. The predicted molar refractivity (Wildman–Crippen MR) is 53.7 cm³/mol. The Morgan fingerprint density at radius 1 is 1.60 bits per heavy atom. The molecule has 2 rings (SSSR count). The fraction of sp³-hybridized carbons (Fsp3) is 0.200. The molecule has 0 radical (unpaired) electrons. The van der Waals surface area contributed by atoms with Crippen LogP contribution >= 0.6 is 0 Å². The second-order valence-electron chi connectivity index (χ2n) is 2.92. The van der Waals surface area contributed by atoms with Crippen LogP contribution in [0.5, 0.6) is 5.75 Å². The Balaban J connectivity index is 2.59. The molecule has 1 heterocycles. The lowest BCUT2D eigenvalue weighted by Gasteiger charge is -2.00. The molecule has 0 spiro atoms. The zero-order valence-electron chi connectivity index (χ0n) is 8.19. The van der Waals surface area contributed by atoms with Gasteiger partial charge >= 0.3 is 5.91 Å². The molecule has 0 fully saturated rings. The largest absolute Gasteiger partial charge is 0.491 e. The van der Waals surface area contributed by atoms with Crippen LogP contribution in [0.25, 0.3) is 11.1 Å². The van der Waals surface area contributed by atoms with Crippen molar-refractivity contribution in [1.29, 1.82) is 0 Å². The fourth-order valence-corrected chi connectivity index (χ4v) is 1.30. The predicted octanol–water partition coefficient (Wildman–Crippen LogP) is 1.33. The molecule has 0 aliphatic heterocycles. The van der Waals surface area contributed by atoms with Crippen LogP contribution < -0.4 is 10.5 Å². The van der Waals surface area contributed by atoms with Crippen LogP contribution in [-0.2, 0) is 0 Å². The summed E-state index contributed by atoms with van der Waals surface area (Å²) in [7, 11) is 0. The van der Waals surface area contributed by atoms with Gasteiger partial charge in [0.2, 0.25) is 0 Å². The van der Waals surface area contributed by atoms with Crippen LogP contribution in [0, 0.1) is 0 Å². The highest BCUT2D eigenvalue weighted by molar-refractivity contribution is 5.92. The lowest BCUT2D eigenvalue weighted by molar-refractivity contribution is 0.0969. The van der Waals surface area contributed by atoms with Gasteiger partial charge in [-0.05, 0) is 19.1 Å². The lowest BCUT2D eigenvalue weighted by Crippen LogP contribution is -2.10. The smallest absolute Gasteiger partial charge is 0.304 e. The molecule has 0 saturated carbocycles. The molecular formula is C10H10N2O3. The quantitative estimate of drug-likeness (QED) is 0.821. The third-order valence-corrected chi connectivity index (χ3v) is 1.89. The molecule has 0 unspecified atom stereocenters. The number of hydrogen-bond acceptors (Lipinski definition) is 4. The van der Waals surface area contributed by atoms with Gasteiger partial charge in [0, 0.05) is 0 Å². The van der Waals surface area contributed by atoms with Crippen molar-refractivity contribution in [3.8, 4) is 5.75 Å². The molecule has 2 aromatic rings. The number of aromatic nitrogens is 1. The van der Waals surface area contributed by atoms with Gasteiger partial charge in [-0.15, -0.1) is 0 Å². The molecule has 0 aliphatic carbocycles. The van der Waals surface area contributed by atoms with Gasteiger partial charge in [0.15, 0.2) is 11.1 Å². The number of nitrogens with zero attached hydrogens (tertiary/aromatic N) is 1. The third-order valence-electron chi connectivity index (χ3n) is 1.89. The molecule has 78 valence electrons. The van der Waals surface area contributed by atoms with E-state index in [0.717, 1.165) is 0 Å². The summed E-state index contributed by atoms with van der Waals surface area (Å²) in [5.74, 6) is -0.197. The minimum Gasteiger partial charge on any atom is -0.491 e. The molecule has 2 N–H and O–H groups in total. The maximum absolute atomic E-state index is 10.9. The minimum absolute atomic E-state index is 0.0999. The van der Waals surface area contributed by atoms with Crippen molar-refractivity contribution < 1.29 is 13.9 Å². The van der Waals surface area contributed by atoms with E-state index in [-0.39, 0.29) is 5.89 Å². The van der Waals surface area contributed by atoms with E-state index in [2.05, 4.69) is 4.98 Å². The number of para-hydroxylation sites is 1. The Morgan fingerprint density at radius 3 is 3.07 bits per heavy atom. The van der Waals surface area contributed by atoms with Crippen molar-refractivity contribution in [1.82, 2.24) is 4.98 Å². The highest BCUT2D eigenvalue weighted by atomic mass is 16.5. The van der Waals surface area contributed by atoms with Crippen LogP contribution in [0.4, 0.5) is 0 Å². The molecule has 0 aliphatic rings. The zero-order valence-corrected chi connectivity index (χ0v) is 8.19. The van der Waals surface area contributed by atoms with Gasteiger partial charge in [-0.3, -0.25) is 4.79 Å². The summed E-state index contributed by atoms with van der Waals surface area (Å²) < 4.78 is 10.5. The highest BCUT2D eigenvalue weighted by Crippen LogP contribution is 2.25. The number of benzene rings is 1. The van der Waals surface area contributed by atoms with Gasteiger partial charge in [-0.1, -0.05) is 6.07 Å². The molecule has 5 heteroatoms. The lowest BCUT2D eigenvalue weighted by atomic mass is 10.3. The number of amides is 1. The number of fused-ring (bicyclic) bond motifs is 1. The van der Waals surface area contributed by atoms with E-state index >= 15 is 0 Å². The molecule has 5 nitrogen and oxygen atoms in total. The molecule has 1 amide bonds. The average Bonchev–Trinajstić information content (AvgIpc) is 2.63. The summed E-state index contributed by atoms with van der Waals surface area (Å²) in [6.07, 6.45) is 0. The summed E-state index contributed by atoms with van der Waals surface area (Å²) in [5.41, 5.74) is 6.08. The van der Waals surface area contributed by atoms with E-state index in [0.29, 0.717) is 23.5 Å². The van der Waals surface area contributed by atoms with Gasteiger partial charge < -0.3 is 14.9 Å². The Labute approximate surface area is 85.8 Å². The number of rotatable bonds is 3. The first-order valence-electron chi connectivity index (χ1n) is 4.54. The maximum Gasteiger partial charge on any atom is 0.304 e. The van der Waals surface area contributed by atoms with Crippen LogP contribution in [0.3, 0.4) is 0 Å². The van der Waals surface area contributed by atoms with E-state index in [4.69, 9.17) is 14.9 Å². The summed E-state index contributed by atoms with van der Waals surface area (Å²) >= 11 is 0. The van der Waals surface area contributed by atoms with Gasteiger partial charge in [-0.2, -0.15) is 0 Å². The van der Waals surface area contributed by atoms with Crippen LogP contribution in [0.1, 0.15) is 17.6 Å². The Hall–Kier alpha value is -2.04. The van der Waals surface area contributed by atoms with E-state index in [1.807, 2.05) is 6.92 Å². The van der Waals surface area contributed by atoms with Crippen LogP contribution in [0.2, 0.25) is 0 Å². The first-order valence-corrected chi connectivity index (χ1v) is 4.54. The van der Waals surface area contributed by atoms with Crippen LogP contribution in [0.15, 0.2) is 22.6 Å². The molecule has 0 bridgehead atoms. The van der Waals surface area contributed by atoms with E-state index in [9.17, 15) is 4.79 Å². The fourth-order valence-electron chi connectivity index (χ4n) is 1.30. The van der Waals surface area contributed by atoms with Crippen molar-refractivity contribution in [2.45, 2.75) is 6.92 Å². The Bertz CT molecular complexity index is 504. The molecule has 1 aromatic heterocycles. The zero-order chi connectivity index (χ0) is 10.8. The maximum atomic E-state index is 10.9. The number of primary amides is 1. The standard InChI is InChI=1S/C10H10N2O3/c1-2-14-6-4-3-5-7-8(6)12-10(15-7)9(11)13/h3-5H,2H2,1H3,(H2,11,13). The summed E-state index contributed by atoms with van der Waals surface area (Å²) in [6.45, 7) is 2.39. The van der Waals surface area contributed by atoms with Crippen molar-refractivity contribution in [2.24, 2.45) is 5.73 Å². The van der Waals surface area contributed by atoms with E-state index < -0.39 is 5.91 Å². The van der Waals surface area contributed by atoms with E-state index in [1.54, 1.807) is 18.2 Å². The molecule has 15 heavy (non-hydrogen) atoms. The van der Waals surface area contributed by atoms with Crippen molar-refractivity contribution >= 4 is 17.0 Å². The number of carbonyl (C=O) groups excluding carboxylic acids is 1. The first-order chi connectivity index (χ1) is 7.22. The Morgan fingerprint density at radius 2 is 2.40 bits per heavy atom. The molecule has 0 atom stereocenters. The molecule has 0 saturated heterocycles. The number of nitrogens with two attached hydrogens (primary N) is 1. The van der Waals surface area contributed by atoms with Gasteiger partial charge in [0.05, 0.1) is 6.61 Å². The van der Waals surface area contributed by atoms with Gasteiger partial charge in [-0.25, -0.2) is 4.98 Å². The highest BCUT2D eigenvalue weighted by Gasteiger charge is 2.13.